The van der Waals surface area contributed by atoms with Crippen LogP contribution in [0.15, 0.2) is 65.8 Å². The number of hydrazone groups is 1. The average molecular weight is 398 g/mol. The van der Waals surface area contributed by atoms with E-state index in [-0.39, 0.29) is 5.92 Å². The van der Waals surface area contributed by atoms with Crippen LogP contribution in [-0.4, -0.2) is 50.2 Å². The Kier molecular flexibility index (Phi) is 7.96. The van der Waals surface area contributed by atoms with E-state index in [2.05, 4.69) is 64.4 Å². The molecule has 3 N–H and O–H groups in total. The van der Waals surface area contributed by atoms with Crippen molar-refractivity contribution in [3.05, 3.63) is 71.8 Å². The van der Waals surface area contributed by atoms with E-state index in [1.54, 1.807) is 4.90 Å². The van der Waals surface area contributed by atoms with Gasteiger partial charge < -0.3 is 15.0 Å². The van der Waals surface area contributed by atoms with Gasteiger partial charge in [0.05, 0.1) is 26.3 Å². The lowest BCUT2D eigenvalue weighted by atomic mass is 9.88. The predicted octanol–water partition coefficient (Wildman–Crippen LogP) is 1.57. The standard InChI is InChI=1S/C22H28N4OS/c1-18(24-25-22(28)23-12-13-26-14-16-27-17-15-26)21(19-8-4-2-5-9-19)20-10-6-3-7-11-20/h2-11,21H,12-17H2,1H3,(H2,23,25,28)/p+1/b24-18-. The van der Waals surface area contributed by atoms with Gasteiger partial charge in [-0.1, -0.05) is 60.7 Å². The summed E-state index contributed by atoms with van der Waals surface area (Å²) in [6.45, 7) is 7.73. The molecule has 2 aromatic carbocycles. The lowest BCUT2D eigenvalue weighted by molar-refractivity contribution is -0.906. The Balaban J connectivity index is 1.58. The molecule has 1 saturated heterocycles. The first-order chi connectivity index (χ1) is 13.7. The van der Waals surface area contributed by atoms with E-state index in [1.165, 1.54) is 11.1 Å². The highest BCUT2D eigenvalue weighted by Crippen LogP contribution is 2.25. The molecule has 5 nitrogen and oxygen atoms in total. The third-order valence-electron chi connectivity index (χ3n) is 4.98. The summed E-state index contributed by atoms with van der Waals surface area (Å²) in [6.07, 6.45) is 0. The van der Waals surface area contributed by atoms with E-state index in [1.807, 2.05) is 19.1 Å². The zero-order chi connectivity index (χ0) is 19.6. The van der Waals surface area contributed by atoms with Crippen LogP contribution in [0.2, 0.25) is 0 Å². The van der Waals surface area contributed by atoms with Crippen molar-refractivity contribution in [2.24, 2.45) is 5.10 Å². The van der Waals surface area contributed by atoms with Crippen LogP contribution in [0.5, 0.6) is 0 Å². The zero-order valence-electron chi connectivity index (χ0n) is 16.4. The topological polar surface area (TPSA) is 50.1 Å². The van der Waals surface area contributed by atoms with Crippen LogP contribution in [-0.2, 0) is 4.74 Å². The first kappa shape index (κ1) is 20.5. The Morgan fingerprint density at radius 3 is 2.18 bits per heavy atom. The fourth-order valence-corrected chi connectivity index (χ4v) is 3.62. The van der Waals surface area contributed by atoms with Crippen LogP contribution in [0.25, 0.3) is 0 Å². The van der Waals surface area contributed by atoms with Crippen molar-refractivity contribution in [2.45, 2.75) is 12.8 Å². The van der Waals surface area contributed by atoms with Crippen molar-refractivity contribution in [2.75, 3.05) is 39.4 Å². The second kappa shape index (κ2) is 10.9. The van der Waals surface area contributed by atoms with Gasteiger partial charge in [-0.25, -0.2) is 0 Å². The Bertz CT molecular complexity index is 721. The first-order valence-corrected chi connectivity index (χ1v) is 10.2. The van der Waals surface area contributed by atoms with Crippen molar-refractivity contribution < 1.29 is 9.64 Å². The SMILES string of the molecule is C/C(=N/NC(=S)NCC[NH+]1CCOCC1)C(c1ccccc1)c1ccccc1. The highest BCUT2D eigenvalue weighted by molar-refractivity contribution is 7.80. The van der Waals surface area contributed by atoms with E-state index >= 15 is 0 Å². The van der Waals surface area contributed by atoms with E-state index in [0.29, 0.717) is 5.11 Å². The number of ether oxygens (including phenoxy) is 1. The maximum absolute atomic E-state index is 5.40. The van der Waals surface area contributed by atoms with Crippen LogP contribution in [0.3, 0.4) is 0 Å². The zero-order valence-corrected chi connectivity index (χ0v) is 17.2. The number of hydrogen-bond acceptors (Lipinski definition) is 3. The van der Waals surface area contributed by atoms with Gasteiger partial charge in [-0.15, -0.1) is 0 Å². The fraction of sp³-hybridized carbons (Fsp3) is 0.364. The summed E-state index contributed by atoms with van der Waals surface area (Å²) in [6, 6.07) is 20.9. The molecule has 0 radical (unpaired) electrons. The molecule has 0 saturated carbocycles. The van der Waals surface area contributed by atoms with Gasteiger partial charge in [0.25, 0.3) is 0 Å². The molecule has 0 unspecified atom stereocenters. The molecule has 0 amide bonds. The number of nitrogens with zero attached hydrogens (tertiary/aromatic N) is 1. The van der Waals surface area contributed by atoms with Gasteiger partial charge in [0.2, 0.25) is 0 Å². The molecule has 1 fully saturated rings. The van der Waals surface area contributed by atoms with Gasteiger partial charge in [-0.05, 0) is 30.3 Å². The molecule has 148 valence electrons. The quantitative estimate of drug-likeness (QED) is 0.377. The summed E-state index contributed by atoms with van der Waals surface area (Å²) >= 11 is 5.40. The fourth-order valence-electron chi connectivity index (χ4n) is 3.47. The molecule has 0 aromatic heterocycles. The van der Waals surface area contributed by atoms with E-state index in [0.717, 1.165) is 45.1 Å². The van der Waals surface area contributed by atoms with Gasteiger partial charge in [0.15, 0.2) is 5.11 Å². The molecule has 0 bridgehead atoms. The molecular weight excluding hydrogens is 368 g/mol. The third kappa shape index (κ3) is 6.12. The van der Waals surface area contributed by atoms with Crippen LogP contribution < -0.4 is 15.6 Å². The smallest absolute Gasteiger partial charge is 0.187 e. The van der Waals surface area contributed by atoms with E-state index < -0.39 is 0 Å². The molecule has 1 aliphatic heterocycles. The van der Waals surface area contributed by atoms with E-state index in [9.17, 15) is 0 Å². The third-order valence-corrected chi connectivity index (χ3v) is 5.22. The molecule has 1 aliphatic rings. The number of thiocarbonyl (C=S) groups is 1. The van der Waals surface area contributed by atoms with Gasteiger partial charge in [0.1, 0.15) is 13.1 Å². The van der Waals surface area contributed by atoms with Crippen molar-refractivity contribution in [3.8, 4) is 0 Å². The molecule has 3 rings (SSSR count). The van der Waals surface area contributed by atoms with Crippen molar-refractivity contribution in [3.63, 3.8) is 0 Å². The summed E-state index contributed by atoms with van der Waals surface area (Å²) in [4.78, 5) is 1.55. The number of benzene rings is 2. The molecule has 0 atom stereocenters. The number of nitrogens with one attached hydrogen (secondary N) is 3. The summed E-state index contributed by atoms with van der Waals surface area (Å²) in [5.74, 6) is 0.0931. The Labute approximate surface area is 172 Å². The van der Waals surface area contributed by atoms with Gasteiger partial charge in [0, 0.05) is 11.6 Å². The largest absolute Gasteiger partial charge is 0.370 e. The molecule has 6 heteroatoms. The molecule has 1 heterocycles. The van der Waals surface area contributed by atoms with E-state index in [4.69, 9.17) is 17.0 Å². The Morgan fingerprint density at radius 1 is 1.04 bits per heavy atom. The van der Waals surface area contributed by atoms with Crippen molar-refractivity contribution >= 4 is 23.0 Å². The van der Waals surface area contributed by atoms with Gasteiger partial charge in [-0.3, -0.25) is 5.43 Å². The average Bonchev–Trinajstić information content (AvgIpc) is 2.75. The highest BCUT2D eigenvalue weighted by atomic mass is 32.1. The summed E-state index contributed by atoms with van der Waals surface area (Å²) in [7, 11) is 0. The number of morpholine rings is 1. The maximum Gasteiger partial charge on any atom is 0.187 e. The lowest BCUT2D eigenvalue weighted by Gasteiger charge is -2.23. The van der Waals surface area contributed by atoms with Crippen LogP contribution in [0.1, 0.15) is 24.0 Å². The molecular formula is C22H29N4OS+. The second-order valence-electron chi connectivity index (χ2n) is 6.99. The minimum atomic E-state index is 0.0931. The van der Waals surface area contributed by atoms with Gasteiger partial charge >= 0.3 is 0 Å². The molecule has 28 heavy (non-hydrogen) atoms. The number of rotatable bonds is 7. The monoisotopic (exact) mass is 397 g/mol. The van der Waals surface area contributed by atoms with Gasteiger partial charge in [-0.2, -0.15) is 5.10 Å². The Morgan fingerprint density at radius 2 is 1.61 bits per heavy atom. The summed E-state index contributed by atoms with van der Waals surface area (Å²) < 4.78 is 5.39. The number of quaternary nitrogens is 1. The highest BCUT2D eigenvalue weighted by Gasteiger charge is 2.17. The van der Waals surface area contributed by atoms with Crippen LogP contribution >= 0.6 is 12.2 Å². The summed E-state index contributed by atoms with van der Waals surface area (Å²) in [5, 5.41) is 8.40. The van der Waals surface area contributed by atoms with Crippen molar-refractivity contribution in [1.29, 1.82) is 0 Å². The molecule has 2 aromatic rings. The normalized spacial score (nSPS) is 15.4. The summed E-state index contributed by atoms with van der Waals surface area (Å²) in [5.41, 5.74) is 6.42. The van der Waals surface area contributed by atoms with Crippen LogP contribution in [0, 0.1) is 0 Å². The minimum absolute atomic E-state index is 0.0931. The predicted molar refractivity (Wildman–Crippen MR) is 118 cm³/mol. The van der Waals surface area contributed by atoms with Crippen LogP contribution in [0.4, 0.5) is 0 Å². The number of hydrogen-bond donors (Lipinski definition) is 3. The molecule has 0 aliphatic carbocycles. The molecule has 0 spiro atoms. The lowest BCUT2D eigenvalue weighted by Crippen LogP contribution is -3.14. The maximum atomic E-state index is 5.40. The Hall–Kier alpha value is -2.28. The first-order valence-electron chi connectivity index (χ1n) is 9.83. The minimum Gasteiger partial charge on any atom is -0.370 e. The van der Waals surface area contributed by atoms with Crippen molar-refractivity contribution in [1.82, 2.24) is 10.7 Å². The second-order valence-corrected chi connectivity index (χ2v) is 7.40.